The molecule has 0 bridgehead atoms. The number of amidine groups is 1. The van der Waals surface area contributed by atoms with Gasteiger partial charge < -0.3 is 5.73 Å². The van der Waals surface area contributed by atoms with E-state index in [1.165, 1.54) is 38.5 Å². The first-order valence-corrected chi connectivity index (χ1v) is 5.76. The fraction of sp³-hybridized carbons (Fsp3) is 0.909. The second kappa shape index (κ2) is 3.89. The average Bonchev–Trinajstić information content (AvgIpc) is 2.58. The fourth-order valence-electron chi connectivity index (χ4n) is 3.05. The molecular weight excluding hydrogens is 174 g/mol. The number of piperidine rings is 1. The quantitative estimate of drug-likeness (QED) is 0.519. The fourth-order valence-corrected chi connectivity index (χ4v) is 3.05. The Labute approximate surface area is 86.2 Å². The van der Waals surface area contributed by atoms with Crippen LogP contribution in [0.5, 0.6) is 0 Å². The van der Waals surface area contributed by atoms with Crippen LogP contribution < -0.4 is 5.73 Å². The third-order valence-corrected chi connectivity index (χ3v) is 3.97. The van der Waals surface area contributed by atoms with Gasteiger partial charge in [-0.05, 0) is 44.2 Å². The molecule has 0 atom stereocenters. The lowest BCUT2D eigenvalue weighted by Gasteiger charge is -2.39. The summed E-state index contributed by atoms with van der Waals surface area (Å²) in [5.74, 6) is 0.312. The van der Waals surface area contributed by atoms with Crippen LogP contribution in [0, 0.1) is 10.8 Å². The molecule has 80 valence electrons. The van der Waals surface area contributed by atoms with Gasteiger partial charge in [0.2, 0.25) is 0 Å². The van der Waals surface area contributed by atoms with Crippen molar-refractivity contribution in [3.8, 4) is 0 Å². The molecule has 0 unspecified atom stereocenters. The molecule has 14 heavy (non-hydrogen) atoms. The summed E-state index contributed by atoms with van der Waals surface area (Å²) in [5, 5.41) is 7.27. The Morgan fingerprint density at radius 2 is 1.71 bits per heavy atom. The highest BCUT2D eigenvalue weighted by atomic mass is 15.1. The van der Waals surface area contributed by atoms with Crippen molar-refractivity contribution in [1.82, 2.24) is 4.90 Å². The van der Waals surface area contributed by atoms with Crippen molar-refractivity contribution in [3.63, 3.8) is 0 Å². The van der Waals surface area contributed by atoms with Gasteiger partial charge in [-0.2, -0.15) is 0 Å². The Morgan fingerprint density at radius 3 is 2.21 bits per heavy atom. The Morgan fingerprint density at radius 1 is 1.14 bits per heavy atom. The Hall–Kier alpha value is -0.570. The van der Waals surface area contributed by atoms with E-state index in [9.17, 15) is 0 Å². The van der Waals surface area contributed by atoms with Crippen LogP contribution in [0.15, 0.2) is 0 Å². The average molecular weight is 195 g/mol. The van der Waals surface area contributed by atoms with Crippen molar-refractivity contribution in [3.05, 3.63) is 0 Å². The van der Waals surface area contributed by atoms with Gasteiger partial charge in [-0.1, -0.05) is 12.8 Å². The summed E-state index contributed by atoms with van der Waals surface area (Å²) < 4.78 is 0. The van der Waals surface area contributed by atoms with Crippen LogP contribution in [0.2, 0.25) is 0 Å². The highest BCUT2D eigenvalue weighted by Gasteiger charge is 2.36. The van der Waals surface area contributed by atoms with E-state index in [4.69, 9.17) is 11.1 Å². The van der Waals surface area contributed by atoms with Crippen molar-refractivity contribution in [1.29, 1.82) is 5.41 Å². The highest BCUT2D eigenvalue weighted by Crippen LogP contribution is 2.45. The number of nitrogens with two attached hydrogens (primary N) is 1. The summed E-state index contributed by atoms with van der Waals surface area (Å²) in [7, 11) is 0. The number of rotatable bonds is 2. The summed E-state index contributed by atoms with van der Waals surface area (Å²) in [6, 6.07) is 0. The molecule has 0 amide bonds. The van der Waals surface area contributed by atoms with E-state index in [0.29, 0.717) is 17.8 Å². The molecule has 3 N–H and O–H groups in total. The Bertz CT molecular complexity index is 209. The maximum Gasteiger partial charge on any atom is 0.105 e. The second-order valence-corrected chi connectivity index (χ2v) is 5.01. The molecule has 3 heteroatoms. The van der Waals surface area contributed by atoms with Gasteiger partial charge in [-0.15, -0.1) is 0 Å². The number of hydrogen-bond acceptors (Lipinski definition) is 2. The summed E-state index contributed by atoms with van der Waals surface area (Å²) in [6.07, 6.45) is 8.43. The smallest absolute Gasteiger partial charge is 0.105 e. The summed E-state index contributed by atoms with van der Waals surface area (Å²) in [5.41, 5.74) is 6.10. The van der Waals surface area contributed by atoms with Crippen LogP contribution in [0.4, 0.5) is 0 Å². The molecule has 1 saturated heterocycles. The van der Waals surface area contributed by atoms with E-state index in [2.05, 4.69) is 4.90 Å². The lowest BCUT2D eigenvalue weighted by Crippen LogP contribution is -2.42. The minimum Gasteiger partial charge on any atom is -0.387 e. The molecule has 0 aromatic carbocycles. The molecule has 3 nitrogen and oxygen atoms in total. The summed E-state index contributed by atoms with van der Waals surface area (Å²) >= 11 is 0. The molecule has 2 rings (SSSR count). The first-order chi connectivity index (χ1) is 6.70. The lowest BCUT2D eigenvalue weighted by molar-refractivity contribution is 0.120. The molecule has 1 aliphatic carbocycles. The first-order valence-electron chi connectivity index (χ1n) is 5.76. The number of nitrogens with zero attached hydrogens (tertiary/aromatic N) is 1. The van der Waals surface area contributed by atoms with Crippen LogP contribution in [-0.2, 0) is 0 Å². The van der Waals surface area contributed by atoms with E-state index >= 15 is 0 Å². The third-order valence-electron chi connectivity index (χ3n) is 3.97. The number of likely N-dealkylation sites (tertiary alicyclic amines) is 1. The SMILES string of the molecule is N=C(N)CN1CCC2(CCCC2)CC1. The standard InChI is InChI=1S/C11H21N3/c12-10(13)9-14-7-5-11(6-8-14)3-1-2-4-11/h1-9H2,(H3,12,13). The topological polar surface area (TPSA) is 53.1 Å². The van der Waals surface area contributed by atoms with Crippen molar-refractivity contribution in [2.75, 3.05) is 19.6 Å². The van der Waals surface area contributed by atoms with E-state index in [-0.39, 0.29) is 0 Å². The molecule has 1 saturated carbocycles. The van der Waals surface area contributed by atoms with Gasteiger partial charge in [0.15, 0.2) is 0 Å². The zero-order valence-corrected chi connectivity index (χ0v) is 8.89. The van der Waals surface area contributed by atoms with Gasteiger partial charge >= 0.3 is 0 Å². The Kier molecular flexibility index (Phi) is 2.77. The van der Waals surface area contributed by atoms with Gasteiger partial charge in [0, 0.05) is 0 Å². The minimum absolute atomic E-state index is 0.312. The first kappa shape index (κ1) is 9.97. The molecule has 2 aliphatic rings. The molecule has 0 aromatic heterocycles. The van der Waals surface area contributed by atoms with Gasteiger partial charge in [0.05, 0.1) is 6.54 Å². The van der Waals surface area contributed by atoms with Crippen LogP contribution in [0.25, 0.3) is 0 Å². The third kappa shape index (κ3) is 2.08. The van der Waals surface area contributed by atoms with Gasteiger partial charge in [0.25, 0.3) is 0 Å². The molecular formula is C11H21N3. The van der Waals surface area contributed by atoms with Crippen LogP contribution in [0.1, 0.15) is 38.5 Å². The van der Waals surface area contributed by atoms with Crippen molar-refractivity contribution in [2.45, 2.75) is 38.5 Å². The van der Waals surface area contributed by atoms with Crippen LogP contribution in [-0.4, -0.2) is 30.4 Å². The maximum absolute atomic E-state index is 7.27. The lowest BCUT2D eigenvalue weighted by atomic mass is 9.77. The zero-order chi connectivity index (χ0) is 10.0. The predicted octanol–water partition coefficient (Wildman–Crippen LogP) is 1.58. The molecule has 0 radical (unpaired) electrons. The predicted molar refractivity (Wildman–Crippen MR) is 58.5 cm³/mol. The van der Waals surface area contributed by atoms with Crippen LogP contribution >= 0.6 is 0 Å². The number of nitrogens with one attached hydrogen (secondary N) is 1. The van der Waals surface area contributed by atoms with Crippen molar-refractivity contribution in [2.24, 2.45) is 11.1 Å². The van der Waals surface area contributed by atoms with Crippen LogP contribution in [0.3, 0.4) is 0 Å². The van der Waals surface area contributed by atoms with E-state index in [1.807, 2.05) is 0 Å². The summed E-state index contributed by atoms with van der Waals surface area (Å²) in [6.45, 7) is 2.98. The maximum atomic E-state index is 7.27. The van der Waals surface area contributed by atoms with E-state index in [0.717, 1.165) is 13.1 Å². The van der Waals surface area contributed by atoms with Gasteiger partial charge in [0.1, 0.15) is 5.84 Å². The molecule has 1 heterocycles. The monoisotopic (exact) mass is 195 g/mol. The van der Waals surface area contributed by atoms with Gasteiger partial charge in [-0.25, -0.2) is 0 Å². The molecule has 1 spiro atoms. The molecule has 0 aromatic rings. The zero-order valence-electron chi connectivity index (χ0n) is 8.89. The normalized spacial score (nSPS) is 26.9. The number of hydrogen-bond donors (Lipinski definition) is 2. The minimum atomic E-state index is 0.312. The highest BCUT2D eigenvalue weighted by molar-refractivity contribution is 5.78. The molecule has 2 fully saturated rings. The van der Waals surface area contributed by atoms with E-state index in [1.54, 1.807) is 0 Å². The van der Waals surface area contributed by atoms with Crippen molar-refractivity contribution >= 4 is 5.84 Å². The van der Waals surface area contributed by atoms with E-state index < -0.39 is 0 Å². The summed E-state index contributed by atoms with van der Waals surface area (Å²) in [4.78, 5) is 2.33. The molecule has 1 aliphatic heterocycles. The van der Waals surface area contributed by atoms with Crippen molar-refractivity contribution < 1.29 is 0 Å². The largest absolute Gasteiger partial charge is 0.387 e. The van der Waals surface area contributed by atoms with Gasteiger partial charge in [-0.3, -0.25) is 10.3 Å². The Balaban J connectivity index is 1.82. The second-order valence-electron chi connectivity index (χ2n) is 5.01.